The average molecular weight is 380 g/mol. The second-order valence-electron chi connectivity index (χ2n) is 4.38. The predicted octanol–water partition coefficient (Wildman–Crippen LogP) is 3.82. The van der Waals surface area contributed by atoms with Crippen LogP contribution in [-0.2, 0) is 0 Å². The van der Waals surface area contributed by atoms with Gasteiger partial charge in [-0.3, -0.25) is 15.5 Å². The summed E-state index contributed by atoms with van der Waals surface area (Å²) in [6.45, 7) is 0. The average Bonchev–Trinajstić information content (AvgIpc) is 2.56. The largest absolute Gasteiger partial charge is 0.493 e. The van der Waals surface area contributed by atoms with Crippen molar-refractivity contribution in [2.45, 2.75) is 0 Å². The van der Waals surface area contributed by atoms with Crippen molar-refractivity contribution in [2.24, 2.45) is 5.10 Å². The Hall–Kier alpha value is -2.61. The van der Waals surface area contributed by atoms with Crippen LogP contribution in [0.15, 0.2) is 46.0 Å². The summed E-state index contributed by atoms with van der Waals surface area (Å²) in [5.74, 6) is 1.19. The Labute approximate surface area is 141 Å². The van der Waals surface area contributed by atoms with E-state index in [1.165, 1.54) is 12.1 Å². The Morgan fingerprint density at radius 2 is 1.87 bits per heavy atom. The molecule has 1 N–H and O–H groups in total. The lowest BCUT2D eigenvalue weighted by atomic mass is 10.2. The van der Waals surface area contributed by atoms with Crippen molar-refractivity contribution in [1.82, 2.24) is 0 Å². The van der Waals surface area contributed by atoms with Crippen LogP contribution in [0.5, 0.6) is 11.5 Å². The van der Waals surface area contributed by atoms with Gasteiger partial charge in [0.05, 0.1) is 35.5 Å². The summed E-state index contributed by atoms with van der Waals surface area (Å²) >= 11 is 3.45. The molecule has 0 aromatic heterocycles. The van der Waals surface area contributed by atoms with Crippen molar-refractivity contribution in [3.8, 4) is 11.5 Å². The Morgan fingerprint density at radius 3 is 2.43 bits per heavy atom. The SMILES string of the molecule is COc1ccc(/C=N/Nc2ccc([N+](=O)[O-])cc2)c(Br)c1OC. The van der Waals surface area contributed by atoms with Crippen LogP contribution in [0, 0.1) is 10.1 Å². The standard InChI is InChI=1S/C15H14BrN3O4/c1-22-13-8-3-10(14(16)15(13)23-2)9-17-18-11-4-6-12(7-5-11)19(20)21/h3-9,18H,1-2H3/b17-9+. The van der Waals surface area contributed by atoms with E-state index in [-0.39, 0.29) is 5.69 Å². The molecule has 0 saturated carbocycles. The Balaban J connectivity index is 2.13. The van der Waals surface area contributed by atoms with Gasteiger partial charge in [-0.25, -0.2) is 0 Å². The number of nitro benzene ring substituents is 1. The van der Waals surface area contributed by atoms with Gasteiger partial charge in [-0.15, -0.1) is 0 Å². The van der Waals surface area contributed by atoms with Gasteiger partial charge in [0, 0.05) is 17.7 Å². The number of benzene rings is 2. The van der Waals surface area contributed by atoms with Gasteiger partial charge in [-0.05, 0) is 40.2 Å². The fourth-order valence-electron chi connectivity index (χ4n) is 1.84. The summed E-state index contributed by atoms with van der Waals surface area (Å²) in [6, 6.07) is 9.58. The Kier molecular flexibility index (Phi) is 5.53. The molecule has 2 aromatic rings. The number of nitrogens with zero attached hydrogens (tertiary/aromatic N) is 2. The molecule has 23 heavy (non-hydrogen) atoms. The van der Waals surface area contributed by atoms with E-state index in [2.05, 4.69) is 26.5 Å². The highest BCUT2D eigenvalue weighted by Crippen LogP contribution is 2.36. The molecule has 2 rings (SSSR count). The van der Waals surface area contributed by atoms with Gasteiger partial charge < -0.3 is 9.47 Å². The van der Waals surface area contributed by atoms with Crippen molar-refractivity contribution < 1.29 is 14.4 Å². The fourth-order valence-corrected chi connectivity index (χ4v) is 2.43. The second-order valence-corrected chi connectivity index (χ2v) is 5.17. The molecule has 0 spiro atoms. The molecule has 0 saturated heterocycles. The van der Waals surface area contributed by atoms with Gasteiger partial charge in [0.2, 0.25) is 0 Å². The van der Waals surface area contributed by atoms with Crippen LogP contribution < -0.4 is 14.9 Å². The lowest BCUT2D eigenvalue weighted by Crippen LogP contribution is -1.96. The maximum Gasteiger partial charge on any atom is 0.269 e. The van der Waals surface area contributed by atoms with Crippen LogP contribution in [0.25, 0.3) is 0 Å². The van der Waals surface area contributed by atoms with Gasteiger partial charge in [-0.2, -0.15) is 5.10 Å². The minimum absolute atomic E-state index is 0.0298. The number of hydrogen-bond donors (Lipinski definition) is 1. The molecule has 0 aliphatic carbocycles. The molecule has 7 nitrogen and oxygen atoms in total. The molecule has 0 radical (unpaired) electrons. The van der Waals surface area contributed by atoms with E-state index in [4.69, 9.17) is 9.47 Å². The molecule has 0 atom stereocenters. The topological polar surface area (TPSA) is 86.0 Å². The van der Waals surface area contributed by atoms with Crippen LogP contribution in [0.4, 0.5) is 11.4 Å². The van der Waals surface area contributed by atoms with E-state index >= 15 is 0 Å². The summed E-state index contributed by atoms with van der Waals surface area (Å²) in [6.07, 6.45) is 1.60. The number of nitrogens with one attached hydrogen (secondary N) is 1. The molecule has 0 amide bonds. The van der Waals surface area contributed by atoms with E-state index in [0.717, 1.165) is 5.56 Å². The molecule has 120 valence electrons. The first-order valence-corrected chi connectivity index (χ1v) is 7.30. The zero-order valence-electron chi connectivity index (χ0n) is 12.4. The molecule has 0 bridgehead atoms. The molecular formula is C15H14BrN3O4. The van der Waals surface area contributed by atoms with Gasteiger partial charge in [0.25, 0.3) is 5.69 Å². The Morgan fingerprint density at radius 1 is 1.17 bits per heavy atom. The van der Waals surface area contributed by atoms with E-state index in [1.807, 2.05) is 6.07 Å². The third kappa shape index (κ3) is 3.98. The van der Waals surface area contributed by atoms with Crippen LogP contribution in [0.2, 0.25) is 0 Å². The third-order valence-corrected chi connectivity index (χ3v) is 3.81. The number of methoxy groups -OCH3 is 2. The molecular weight excluding hydrogens is 366 g/mol. The normalized spacial score (nSPS) is 10.6. The predicted molar refractivity (Wildman–Crippen MR) is 91.6 cm³/mol. The lowest BCUT2D eigenvalue weighted by Gasteiger charge is -2.10. The van der Waals surface area contributed by atoms with Gasteiger partial charge in [0.15, 0.2) is 11.5 Å². The zero-order chi connectivity index (χ0) is 16.8. The highest BCUT2D eigenvalue weighted by Gasteiger charge is 2.11. The molecule has 0 aliphatic heterocycles. The number of ether oxygens (including phenoxy) is 2. The number of hydrogen-bond acceptors (Lipinski definition) is 6. The van der Waals surface area contributed by atoms with E-state index in [9.17, 15) is 10.1 Å². The molecule has 8 heteroatoms. The first-order chi connectivity index (χ1) is 11.1. The molecule has 0 unspecified atom stereocenters. The number of anilines is 1. The number of halogens is 1. The van der Waals surface area contributed by atoms with Gasteiger partial charge in [0.1, 0.15) is 0 Å². The van der Waals surface area contributed by atoms with Crippen molar-refractivity contribution in [3.63, 3.8) is 0 Å². The van der Waals surface area contributed by atoms with Crippen molar-refractivity contribution in [3.05, 3.63) is 56.5 Å². The highest BCUT2D eigenvalue weighted by molar-refractivity contribution is 9.10. The van der Waals surface area contributed by atoms with E-state index < -0.39 is 4.92 Å². The van der Waals surface area contributed by atoms with Crippen LogP contribution in [0.3, 0.4) is 0 Å². The van der Waals surface area contributed by atoms with Crippen molar-refractivity contribution in [1.29, 1.82) is 0 Å². The summed E-state index contributed by atoms with van der Waals surface area (Å²) in [7, 11) is 3.12. The lowest BCUT2D eigenvalue weighted by molar-refractivity contribution is -0.384. The summed E-state index contributed by atoms with van der Waals surface area (Å²) in [4.78, 5) is 10.1. The molecule has 0 fully saturated rings. The quantitative estimate of drug-likeness (QED) is 0.468. The first-order valence-electron chi connectivity index (χ1n) is 6.51. The van der Waals surface area contributed by atoms with Crippen LogP contribution in [-0.4, -0.2) is 25.4 Å². The molecule has 0 aliphatic rings. The minimum atomic E-state index is -0.451. The maximum atomic E-state index is 10.6. The van der Waals surface area contributed by atoms with E-state index in [1.54, 1.807) is 38.6 Å². The molecule has 2 aromatic carbocycles. The summed E-state index contributed by atoms with van der Waals surface area (Å²) < 4.78 is 11.2. The smallest absolute Gasteiger partial charge is 0.269 e. The third-order valence-electron chi connectivity index (χ3n) is 2.99. The van der Waals surface area contributed by atoms with E-state index in [0.29, 0.717) is 21.7 Å². The molecule has 0 heterocycles. The van der Waals surface area contributed by atoms with Crippen LogP contribution >= 0.6 is 15.9 Å². The number of rotatable bonds is 6. The monoisotopic (exact) mass is 379 g/mol. The zero-order valence-corrected chi connectivity index (χ0v) is 14.0. The second kappa shape index (κ2) is 7.59. The minimum Gasteiger partial charge on any atom is -0.493 e. The van der Waals surface area contributed by atoms with Crippen LogP contribution in [0.1, 0.15) is 5.56 Å². The Bertz CT molecular complexity index is 732. The summed E-state index contributed by atoms with van der Waals surface area (Å²) in [5, 5.41) is 14.7. The van der Waals surface area contributed by atoms with Crippen molar-refractivity contribution >= 4 is 33.5 Å². The van der Waals surface area contributed by atoms with Gasteiger partial charge in [-0.1, -0.05) is 0 Å². The number of nitro groups is 1. The fraction of sp³-hybridized carbons (Fsp3) is 0.133. The van der Waals surface area contributed by atoms with Crippen molar-refractivity contribution in [2.75, 3.05) is 19.6 Å². The summed E-state index contributed by atoms with van der Waals surface area (Å²) in [5.41, 5.74) is 4.27. The number of non-ortho nitro benzene ring substituents is 1. The first kappa shape index (κ1) is 16.8. The number of hydrazone groups is 1. The van der Waals surface area contributed by atoms with Gasteiger partial charge >= 0.3 is 0 Å². The highest BCUT2D eigenvalue weighted by atomic mass is 79.9. The maximum absolute atomic E-state index is 10.6.